The monoisotopic (exact) mass is 897 g/mol. The third-order valence-corrected chi connectivity index (χ3v) is 12.7. The summed E-state index contributed by atoms with van der Waals surface area (Å²) in [5.41, 5.74) is 0. The summed E-state index contributed by atoms with van der Waals surface area (Å²) in [4.78, 5) is 25.5. The summed E-state index contributed by atoms with van der Waals surface area (Å²) < 4.78 is 22.3. The van der Waals surface area contributed by atoms with Gasteiger partial charge in [-0.25, -0.2) is 0 Å². The standard InChI is InChI=1S/C53H100O10/c1-3-5-7-9-11-13-15-17-19-21-22-23-24-26-28-30-32-34-36-38-40-42-49(56)62-46(45-61-53-52(59)51(58)50(57)47(43-54)63-53)44-60-48(55)41-39-37-35-33-31-29-27-25-20-18-16-14-12-10-8-6-4-2/h21-22,46-47,50-54,57-59H,3-20,23-45H2,1-2H3/b22-21-. The number of carbonyl (C=O) groups is 2. The van der Waals surface area contributed by atoms with Crippen LogP contribution in [0, 0.1) is 0 Å². The molecular weight excluding hydrogens is 797 g/mol. The second-order valence-electron chi connectivity index (χ2n) is 18.7. The lowest BCUT2D eigenvalue weighted by atomic mass is 9.99. The molecule has 0 saturated carbocycles. The molecule has 10 nitrogen and oxygen atoms in total. The molecule has 63 heavy (non-hydrogen) atoms. The molecule has 10 heteroatoms. The molecule has 372 valence electrons. The van der Waals surface area contributed by atoms with E-state index in [0.29, 0.717) is 6.42 Å². The summed E-state index contributed by atoms with van der Waals surface area (Å²) in [6, 6.07) is 0. The second kappa shape index (κ2) is 44.3. The van der Waals surface area contributed by atoms with Gasteiger partial charge in [0.25, 0.3) is 0 Å². The minimum atomic E-state index is -1.59. The molecule has 1 fully saturated rings. The third kappa shape index (κ3) is 35.3. The highest BCUT2D eigenvalue weighted by Crippen LogP contribution is 2.23. The summed E-state index contributed by atoms with van der Waals surface area (Å²) in [6.45, 7) is 3.47. The first kappa shape index (κ1) is 59.5. The van der Waals surface area contributed by atoms with Crippen molar-refractivity contribution in [3.05, 3.63) is 12.2 Å². The van der Waals surface area contributed by atoms with Gasteiger partial charge < -0.3 is 39.4 Å². The minimum absolute atomic E-state index is 0.212. The predicted molar refractivity (Wildman–Crippen MR) is 256 cm³/mol. The van der Waals surface area contributed by atoms with Crippen molar-refractivity contribution in [3.8, 4) is 0 Å². The minimum Gasteiger partial charge on any atom is -0.462 e. The molecule has 0 radical (unpaired) electrons. The lowest BCUT2D eigenvalue weighted by Gasteiger charge is -2.39. The summed E-state index contributed by atoms with van der Waals surface area (Å²) >= 11 is 0. The molecule has 4 N–H and O–H groups in total. The Morgan fingerprint density at radius 3 is 1.24 bits per heavy atom. The van der Waals surface area contributed by atoms with Crippen LogP contribution in [-0.2, 0) is 28.5 Å². The fraction of sp³-hybridized carbons (Fsp3) is 0.925. The highest BCUT2D eigenvalue weighted by Gasteiger charge is 2.44. The van der Waals surface area contributed by atoms with E-state index < -0.39 is 49.4 Å². The molecule has 0 bridgehead atoms. The number of carbonyl (C=O) groups excluding carboxylic acids is 2. The number of ether oxygens (including phenoxy) is 4. The molecule has 0 amide bonds. The quantitative estimate of drug-likeness (QED) is 0.0264. The predicted octanol–water partition coefficient (Wildman–Crippen LogP) is 12.7. The summed E-state index contributed by atoms with van der Waals surface area (Å²) in [5.74, 6) is -0.792. The fourth-order valence-electron chi connectivity index (χ4n) is 8.42. The first-order valence-electron chi connectivity index (χ1n) is 26.8. The maximum absolute atomic E-state index is 12.8. The van der Waals surface area contributed by atoms with Gasteiger partial charge >= 0.3 is 11.9 Å². The first-order valence-corrected chi connectivity index (χ1v) is 26.8. The lowest BCUT2D eigenvalue weighted by molar-refractivity contribution is -0.305. The molecule has 0 aromatic rings. The van der Waals surface area contributed by atoms with Crippen LogP contribution < -0.4 is 0 Å². The highest BCUT2D eigenvalue weighted by atomic mass is 16.7. The van der Waals surface area contributed by atoms with Gasteiger partial charge in [0, 0.05) is 12.8 Å². The van der Waals surface area contributed by atoms with E-state index in [1.807, 2.05) is 0 Å². The van der Waals surface area contributed by atoms with Crippen molar-refractivity contribution in [2.75, 3.05) is 19.8 Å². The molecule has 0 aromatic heterocycles. The van der Waals surface area contributed by atoms with E-state index in [9.17, 15) is 30.0 Å². The average Bonchev–Trinajstić information content (AvgIpc) is 3.28. The summed E-state index contributed by atoms with van der Waals surface area (Å²) in [6.07, 6.45) is 42.2. The molecule has 6 unspecified atom stereocenters. The van der Waals surface area contributed by atoms with Gasteiger partial charge in [0.1, 0.15) is 31.0 Å². The molecule has 1 saturated heterocycles. The van der Waals surface area contributed by atoms with E-state index in [4.69, 9.17) is 18.9 Å². The largest absolute Gasteiger partial charge is 0.462 e. The zero-order chi connectivity index (χ0) is 45.9. The molecule has 0 spiro atoms. The number of hydrogen-bond acceptors (Lipinski definition) is 10. The molecule has 6 atom stereocenters. The van der Waals surface area contributed by atoms with Crippen molar-refractivity contribution in [3.63, 3.8) is 0 Å². The molecule has 1 aliphatic rings. The van der Waals surface area contributed by atoms with Crippen LogP contribution in [0.3, 0.4) is 0 Å². The van der Waals surface area contributed by atoms with Crippen molar-refractivity contribution in [2.45, 2.75) is 295 Å². The summed E-state index contributed by atoms with van der Waals surface area (Å²) in [7, 11) is 0. The SMILES string of the molecule is CCCCCCCCCC/C=C\CCCCCCCCCCCC(=O)OC(COC(=O)CCCCCCCCCCCCCCCCCCC)COC1OC(CO)C(O)C(O)C1O. The van der Waals surface area contributed by atoms with Crippen molar-refractivity contribution < 1.29 is 49.0 Å². The van der Waals surface area contributed by atoms with Crippen LogP contribution in [-0.4, -0.2) is 89.0 Å². The Hall–Kier alpha value is -1.56. The van der Waals surface area contributed by atoms with Crippen LogP contribution >= 0.6 is 0 Å². The van der Waals surface area contributed by atoms with Crippen LogP contribution in [0.4, 0.5) is 0 Å². The number of rotatable bonds is 46. The van der Waals surface area contributed by atoms with E-state index in [1.54, 1.807) is 0 Å². The van der Waals surface area contributed by atoms with Crippen molar-refractivity contribution >= 4 is 11.9 Å². The van der Waals surface area contributed by atoms with E-state index in [2.05, 4.69) is 26.0 Å². The molecule has 1 aliphatic heterocycles. The van der Waals surface area contributed by atoms with Gasteiger partial charge in [0.05, 0.1) is 13.2 Å². The van der Waals surface area contributed by atoms with Gasteiger partial charge in [0.2, 0.25) is 0 Å². The molecule has 1 rings (SSSR count). The van der Waals surface area contributed by atoms with Crippen molar-refractivity contribution in [2.24, 2.45) is 0 Å². The zero-order valence-electron chi connectivity index (χ0n) is 40.8. The number of esters is 2. The van der Waals surface area contributed by atoms with Crippen LogP contribution in [0.5, 0.6) is 0 Å². The third-order valence-electron chi connectivity index (χ3n) is 12.7. The van der Waals surface area contributed by atoms with Gasteiger partial charge in [-0.1, -0.05) is 219 Å². The Labute approximate surface area is 386 Å². The number of allylic oxidation sites excluding steroid dienone is 2. The van der Waals surface area contributed by atoms with Gasteiger partial charge in [-0.05, 0) is 38.5 Å². The second-order valence-corrected chi connectivity index (χ2v) is 18.7. The topological polar surface area (TPSA) is 152 Å². The normalized spacial score (nSPS) is 19.5. The fourth-order valence-corrected chi connectivity index (χ4v) is 8.42. The van der Waals surface area contributed by atoms with Crippen LogP contribution in [0.25, 0.3) is 0 Å². The van der Waals surface area contributed by atoms with Crippen LogP contribution in [0.2, 0.25) is 0 Å². The lowest BCUT2D eigenvalue weighted by Crippen LogP contribution is -2.59. The maximum Gasteiger partial charge on any atom is 0.306 e. The van der Waals surface area contributed by atoms with Gasteiger partial charge in [-0.15, -0.1) is 0 Å². The number of aliphatic hydroxyl groups is 4. The first-order chi connectivity index (χ1) is 30.8. The Bertz CT molecular complexity index is 1040. The van der Waals surface area contributed by atoms with E-state index in [1.165, 1.54) is 186 Å². The van der Waals surface area contributed by atoms with Crippen molar-refractivity contribution in [1.82, 2.24) is 0 Å². The van der Waals surface area contributed by atoms with E-state index in [0.717, 1.165) is 38.5 Å². The van der Waals surface area contributed by atoms with E-state index >= 15 is 0 Å². The molecule has 0 aliphatic carbocycles. The van der Waals surface area contributed by atoms with Gasteiger partial charge in [-0.2, -0.15) is 0 Å². The number of hydrogen-bond donors (Lipinski definition) is 4. The average molecular weight is 897 g/mol. The Kier molecular flexibility index (Phi) is 41.8. The molecular formula is C53H100O10. The Balaban J connectivity index is 2.23. The number of aliphatic hydroxyl groups excluding tert-OH is 4. The van der Waals surface area contributed by atoms with Gasteiger partial charge in [0.15, 0.2) is 12.4 Å². The van der Waals surface area contributed by atoms with Crippen LogP contribution in [0.15, 0.2) is 12.2 Å². The molecule has 1 heterocycles. The van der Waals surface area contributed by atoms with Crippen LogP contribution in [0.1, 0.15) is 258 Å². The Morgan fingerprint density at radius 1 is 0.476 bits per heavy atom. The molecule has 0 aromatic carbocycles. The maximum atomic E-state index is 12.8. The highest BCUT2D eigenvalue weighted by molar-refractivity contribution is 5.70. The Morgan fingerprint density at radius 2 is 0.841 bits per heavy atom. The van der Waals surface area contributed by atoms with Gasteiger partial charge in [-0.3, -0.25) is 9.59 Å². The zero-order valence-corrected chi connectivity index (χ0v) is 40.8. The smallest absolute Gasteiger partial charge is 0.306 e. The van der Waals surface area contributed by atoms with E-state index in [-0.39, 0.29) is 32.0 Å². The van der Waals surface area contributed by atoms with Crippen molar-refractivity contribution in [1.29, 1.82) is 0 Å². The summed E-state index contributed by atoms with van der Waals surface area (Å²) in [5, 5.41) is 40.2. The number of unbranched alkanes of at least 4 members (excludes halogenated alkanes) is 33.